The van der Waals surface area contributed by atoms with Crippen molar-refractivity contribution in [2.75, 3.05) is 17.3 Å². The Labute approximate surface area is 109 Å². The van der Waals surface area contributed by atoms with Crippen LogP contribution in [-0.4, -0.2) is 30.8 Å². The van der Waals surface area contributed by atoms with E-state index in [0.717, 1.165) is 6.26 Å². The van der Waals surface area contributed by atoms with Crippen molar-refractivity contribution in [1.82, 2.24) is 10.2 Å². The van der Waals surface area contributed by atoms with Gasteiger partial charge in [-0.3, -0.25) is 9.89 Å². The highest BCUT2D eigenvalue weighted by atomic mass is 32.2. The Kier molecular flexibility index (Phi) is 3.26. The van der Waals surface area contributed by atoms with Gasteiger partial charge in [-0.05, 0) is 12.1 Å². The molecule has 1 heterocycles. The maximum absolute atomic E-state index is 11.9. The van der Waals surface area contributed by atoms with E-state index in [4.69, 9.17) is 5.73 Å². The van der Waals surface area contributed by atoms with E-state index in [0.29, 0.717) is 0 Å². The van der Waals surface area contributed by atoms with E-state index in [1.54, 1.807) is 12.1 Å². The Morgan fingerprint density at radius 3 is 2.63 bits per heavy atom. The molecular weight excluding hydrogens is 268 g/mol. The van der Waals surface area contributed by atoms with Crippen molar-refractivity contribution in [2.24, 2.45) is 0 Å². The number of nitrogen functional groups attached to an aromatic ring is 1. The number of anilines is 2. The molecule has 8 heteroatoms. The summed E-state index contributed by atoms with van der Waals surface area (Å²) in [5.41, 5.74) is 6.02. The summed E-state index contributed by atoms with van der Waals surface area (Å²) in [6.07, 6.45) is 2.37. The van der Waals surface area contributed by atoms with Crippen molar-refractivity contribution < 1.29 is 13.2 Å². The van der Waals surface area contributed by atoms with Gasteiger partial charge < -0.3 is 11.1 Å². The van der Waals surface area contributed by atoms with Crippen LogP contribution in [-0.2, 0) is 9.84 Å². The van der Waals surface area contributed by atoms with Crippen LogP contribution in [0.25, 0.3) is 0 Å². The average molecular weight is 280 g/mol. The van der Waals surface area contributed by atoms with Gasteiger partial charge >= 0.3 is 0 Å². The molecule has 7 nitrogen and oxygen atoms in total. The minimum atomic E-state index is -3.43. The van der Waals surface area contributed by atoms with Gasteiger partial charge in [0.05, 0.1) is 22.5 Å². The van der Waals surface area contributed by atoms with Crippen molar-refractivity contribution in [2.45, 2.75) is 4.90 Å². The highest BCUT2D eigenvalue weighted by Gasteiger charge is 2.17. The molecule has 19 heavy (non-hydrogen) atoms. The highest BCUT2D eigenvalue weighted by molar-refractivity contribution is 7.90. The van der Waals surface area contributed by atoms with Gasteiger partial charge in [0.25, 0.3) is 5.91 Å². The van der Waals surface area contributed by atoms with E-state index >= 15 is 0 Å². The topological polar surface area (TPSA) is 118 Å². The van der Waals surface area contributed by atoms with E-state index in [1.807, 2.05) is 0 Å². The molecule has 0 radical (unpaired) electrons. The number of nitrogens with one attached hydrogen (secondary N) is 2. The number of sulfone groups is 1. The molecule has 1 aromatic carbocycles. The molecule has 0 bridgehead atoms. The third-order valence-electron chi connectivity index (χ3n) is 2.43. The van der Waals surface area contributed by atoms with Crippen molar-refractivity contribution >= 4 is 27.1 Å². The van der Waals surface area contributed by atoms with Crippen LogP contribution in [0, 0.1) is 0 Å². The molecule has 0 saturated heterocycles. The first kappa shape index (κ1) is 13.1. The number of benzene rings is 1. The van der Waals surface area contributed by atoms with E-state index in [-0.39, 0.29) is 22.0 Å². The van der Waals surface area contributed by atoms with Crippen molar-refractivity contribution in [3.63, 3.8) is 0 Å². The lowest BCUT2D eigenvalue weighted by Crippen LogP contribution is -2.16. The van der Waals surface area contributed by atoms with Crippen LogP contribution in [0.5, 0.6) is 0 Å². The van der Waals surface area contributed by atoms with Crippen LogP contribution in [0.3, 0.4) is 0 Å². The van der Waals surface area contributed by atoms with Crippen LogP contribution >= 0.6 is 0 Å². The van der Waals surface area contributed by atoms with Gasteiger partial charge in [0.15, 0.2) is 9.84 Å². The number of nitrogens with zero attached hydrogens (tertiary/aromatic N) is 1. The molecule has 0 unspecified atom stereocenters. The Morgan fingerprint density at radius 1 is 1.37 bits per heavy atom. The molecule has 0 aliphatic carbocycles. The van der Waals surface area contributed by atoms with Gasteiger partial charge in [-0.2, -0.15) is 5.10 Å². The first-order valence-electron chi connectivity index (χ1n) is 5.29. The fraction of sp³-hybridized carbons (Fsp3) is 0.0909. The van der Waals surface area contributed by atoms with Crippen molar-refractivity contribution in [3.8, 4) is 0 Å². The number of H-pyrrole nitrogens is 1. The minimum absolute atomic E-state index is 0.0430. The fourth-order valence-corrected chi connectivity index (χ4v) is 2.40. The predicted molar refractivity (Wildman–Crippen MR) is 70.5 cm³/mol. The predicted octanol–water partition coefficient (Wildman–Crippen LogP) is 0.648. The molecule has 0 spiro atoms. The molecule has 1 aromatic heterocycles. The summed E-state index contributed by atoms with van der Waals surface area (Å²) < 4.78 is 23.2. The number of aromatic amines is 1. The number of aromatic nitrogens is 2. The second kappa shape index (κ2) is 4.73. The van der Waals surface area contributed by atoms with Gasteiger partial charge in [0.2, 0.25) is 0 Å². The minimum Gasteiger partial charge on any atom is -0.396 e. The molecular formula is C11H12N4O3S. The van der Waals surface area contributed by atoms with Crippen LogP contribution in [0.15, 0.2) is 35.4 Å². The number of rotatable bonds is 3. The smallest absolute Gasteiger partial charge is 0.275 e. The average Bonchev–Trinajstić information content (AvgIpc) is 2.75. The highest BCUT2D eigenvalue weighted by Crippen LogP contribution is 2.21. The number of carbonyl (C=O) groups is 1. The molecule has 2 aromatic rings. The van der Waals surface area contributed by atoms with Gasteiger partial charge in [0.1, 0.15) is 5.69 Å². The van der Waals surface area contributed by atoms with Crippen LogP contribution in [0.1, 0.15) is 10.5 Å². The lowest BCUT2D eigenvalue weighted by molar-refractivity contribution is 0.102. The van der Waals surface area contributed by atoms with Gasteiger partial charge in [-0.15, -0.1) is 0 Å². The van der Waals surface area contributed by atoms with Gasteiger partial charge in [-0.1, -0.05) is 12.1 Å². The zero-order chi connectivity index (χ0) is 14.0. The molecule has 0 fully saturated rings. The van der Waals surface area contributed by atoms with E-state index < -0.39 is 15.7 Å². The lowest BCUT2D eigenvalue weighted by atomic mass is 10.3. The number of amides is 1. The third-order valence-corrected chi connectivity index (χ3v) is 3.59. The first-order valence-corrected chi connectivity index (χ1v) is 7.18. The van der Waals surface area contributed by atoms with Gasteiger partial charge in [-0.25, -0.2) is 8.42 Å². The molecule has 2 rings (SSSR count). The molecule has 100 valence electrons. The largest absolute Gasteiger partial charge is 0.396 e. The van der Waals surface area contributed by atoms with Crippen LogP contribution in [0.4, 0.5) is 11.4 Å². The maximum Gasteiger partial charge on any atom is 0.275 e. The number of para-hydroxylation sites is 1. The molecule has 0 aliphatic rings. The molecule has 0 saturated carbocycles. The van der Waals surface area contributed by atoms with E-state index in [9.17, 15) is 13.2 Å². The summed E-state index contributed by atoms with van der Waals surface area (Å²) in [7, 11) is -3.43. The SMILES string of the molecule is CS(=O)(=O)c1ccccc1NC(=O)c1[nH]ncc1N. The summed E-state index contributed by atoms with van der Waals surface area (Å²) in [6, 6.07) is 6.12. The molecule has 4 N–H and O–H groups in total. The van der Waals surface area contributed by atoms with Crippen molar-refractivity contribution in [3.05, 3.63) is 36.2 Å². The zero-order valence-electron chi connectivity index (χ0n) is 10.0. The van der Waals surface area contributed by atoms with E-state index in [1.165, 1.54) is 18.3 Å². The zero-order valence-corrected chi connectivity index (χ0v) is 10.9. The Balaban J connectivity index is 2.35. The van der Waals surface area contributed by atoms with Crippen LogP contribution in [0.2, 0.25) is 0 Å². The lowest BCUT2D eigenvalue weighted by Gasteiger charge is -2.08. The monoisotopic (exact) mass is 280 g/mol. The quantitative estimate of drug-likeness (QED) is 0.762. The Bertz CT molecular complexity index is 721. The van der Waals surface area contributed by atoms with Crippen LogP contribution < -0.4 is 11.1 Å². The fourth-order valence-electron chi connectivity index (χ4n) is 1.56. The summed E-state index contributed by atoms with van der Waals surface area (Å²) >= 11 is 0. The second-order valence-electron chi connectivity index (χ2n) is 3.92. The maximum atomic E-state index is 11.9. The summed E-state index contributed by atoms with van der Waals surface area (Å²) in [6.45, 7) is 0. The summed E-state index contributed by atoms with van der Waals surface area (Å²) in [4.78, 5) is 12.0. The Morgan fingerprint density at radius 2 is 2.05 bits per heavy atom. The second-order valence-corrected chi connectivity index (χ2v) is 5.91. The molecule has 0 atom stereocenters. The summed E-state index contributed by atoms with van der Waals surface area (Å²) in [5.74, 6) is -0.550. The standard InChI is InChI=1S/C11H12N4O3S/c1-19(17,18)9-5-3-2-4-8(9)14-11(16)10-7(12)6-13-15-10/h2-6H,12H2,1H3,(H,13,15)(H,14,16). The van der Waals surface area contributed by atoms with Crippen molar-refractivity contribution in [1.29, 1.82) is 0 Å². The molecule has 0 aliphatic heterocycles. The Hall–Kier alpha value is -2.35. The first-order chi connectivity index (χ1) is 8.89. The third kappa shape index (κ3) is 2.74. The number of hydrogen-bond donors (Lipinski definition) is 3. The number of carbonyl (C=O) groups excluding carboxylic acids is 1. The molecule has 1 amide bonds. The van der Waals surface area contributed by atoms with E-state index in [2.05, 4.69) is 15.5 Å². The number of nitrogens with two attached hydrogens (primary N) is 1. The normalized spacial score (nSPS) is 11.2. The summed E-state index contributed by atoms with van der Waals surface area (Å²) in [5, 5.41) is 8.56. The van der Waals surface area contributed by atoms with Gasteiger partial charge in [0, 0.05) is 6.26 Å². The number of hydrogen-bond acceptors (Lipinski definition) is 5.